The van der Waals surface area contributed by atoms with Gasteiger partial charge in [0.2, 0.25) is 5.95 Å². The van der Waals surface area contributed by atoms with Gasteiger partial charge in [0.25, 0.3) is 0 Å². The first-order valence-corrected chi connectivity index (χ1v) is 11.2. The molecule has 1 saturated heterocycles. The van der Waals surface area contributed by atoms with Crippen molar-refractivity contribution in [2.24, 2.45) is 11.8 Å². The van der Waals surface area contributed by atoms with E-state index >= 15 is 0 Å². The van der Waals surface area contributed by atoms with Crippen molar-refractivity contribution in [2.45, 2.75) is 26.3 Å². The predicted molar refractivity (Wildman–Crippen MR) is 126 cm³/mol. The Kier molecular flexibility index (Phi) is 4.55. The number of aryl methyl sites for hydroxylation is 1. The number of aliphatic hydroxyl groups is 1. The number of nitrogens with one attached hydrogen (secondary N) is 1. The second-order valence-corrected chi connectivity index (χ2v) is 9.04. The van der Waals surface area contributed by atoms with Crippen LogP contribution in [0.1, 0.15) is 17.5 Å². The largest absolute Gasteiger partial charge is 0.496 e. The fourth-order valence-corrected chi connectivity index (χ4v) is 5.04. The van der Waals surface area contributed by atoms with Crippen molar-refractivity contribution in [3.8, 4) is 11.4 Å². The van der Waals surface area contributed by atoms with Crippen LogP contribution in [0.2, 0.25) is 0 Å². The van der Waals surface area contributed by atoms with Crippen molar-refractivity contribution in [1.29, 1.82) is 0 Å². The molecule has 0 bridgehead atoms. The molecule has 4 heterocycles. The molecule has 170 valence electrons. The Hall–Kier alpha value is -3.59. The van der Waals surface area contributed by atoms with Crippen molar-refractivity contribution < 1.29 is 9.84 Å². The van der Waals surface area contributed by atoms with E-state index in [1.54, 1.807) is 13.4 Å². The lowest BCUT2D eigenvalue weighted by Gasteiger charge is -2.27. The SMILES string of the molecule is COc1cc(-n2cnc(Nc3nc(N4C[C@@H]5C[C@@H]5[C@H]4CO)c4cccn4n3)c2)cc(C)c1C. The first-order chi connectivity index (χ1) is 16.1. The number of methoxy groups -OCH3 is 1. The number of benzene rings is 1. The number of hydrogen-bond acceptors (Lipinski definition) is 7. The Labute approximate surface area is 191 Å². The highest BCUT2D eigenvalue weighted by Crippen LogP contribution is 2.50. The monoisotopic (exact) mass is 445 g/mol. The van der Waals surface area contributed by atoms with Crippen LogP contribution in [0.15, 0.2) is 43.0 Å². The second-order valence-electron chi connectivity index (χ2n) is 9.04. The summed E-state index contributed by atoms with van der Waals surface area (Å²) in [6.07, 6.45) is 6.79. The summed E-state index contributed by atoms with van der Waals surface area (Å²) in [4.78, 5) is 11.6. The second kappa shape index (κ2) is 7.48. The van der Waals surface area contributed by atoms with Gasteiger partial charge in [-0.25, -0.2) is 9.50 Å². The molecule has 6 rings (SSSR count). The summed E-state index contributed by atoms with van der Waals surface area (Å²) in [5.41, 5.74) is 4.19. The summed E-state index contributed by atoms with van der Waals surface area (Å²) in [5, 5.41) is 17.8. The molecule has 1 aliphatic heterocycles. The minimum absolute atomic E-state index is 0.121. The Morgan fingerprint density at radius 1 is 1.27 bits per heavy atom. The third kappa shape index (κ3) is 3.31. The summed E-state index contributed by atoms with van der Waals surface area (Å²) in [6.45, 7) is 5.19. The molecule has 2 aliphatic rings. The zero-order chi connectivity index (χ0) is 22.7. The highest BCUT2D eigenvalue weighted by molar-refractivity contribution is 5.72. The van der Waals surface area contributed by atoms with Gasteiger partial charge < -0.3 is 24.6 Å². The van der Waals surface area contributed by atoms with Crippen molar-refractivity contribution in [3.05, 3.63) is 54.1 Å². The van der Waals surface area contributed by atoms with Crippen LogP contribution in [0, 0.1) is 25.7 Å². The fourth-order valence-electron chi connectivity index (χ4n) is 5.04. The summed E-state index contributed by atoms with van der Waals surface area (Å²) >= 11 is 0. The van der Waals surface area contributed by atoms with Crippen molar-refractivity contribution >= 4 is 23.1 Å². The van der Waals surface area contributed by atoms with Crippen LogP contribution in [0.4, 0.5) is 17.6 Å². The molecule has 1 aromatic carbocycles. The van der Waals surface area contributed by atoms with Crippen LogP contribution in [0.25, 0.3) is 11.2 Å². The van der Waals surface area contributed by atoms with E-state index in [-0.39, 0.29) is 12.6 Å². The molecular formula is C24H27N7O2. The summed E-state index contributed by atoms with van der Waals surface area (Å²) < 4.78 is 9.29. The van der Waals surface area contributed by atoms with Gasteiger partial charge in [-0.3, -0.25) is 0 Å². The van der Waals surface area contributed by atoms with Crippen molar-refractivity contribution in [1.82, 2.24) is 24.1 Å². The standard InChI is InChI=1S/C24H27N7O2/c1-14-7-17(9-21(33-3)15(14)2)29-11-22(25-13-29)26-24-27-23(19-5-4-6-31(19)28-24)30-10-16-8-18(16)20(30)12-32/h4-7,9,11,13,16,18,20,32H,8,10,12H2,1-3H3,(H,26,28)/t16-,18-,20+/m0/s1. The lowest BCUT2D eigenvalue weighted by molar-refractivity contribution is 0.255. The van der Waals surface area contributed by atoms with E-state index in [9.17, 15) is 5.11 Å². The normalized spacial score (nSPS) is 21.5. The van der Waals surface area contributed by atoms with E-state index in [1.807, 2.05) is 39.7 Å². The number of aliphatic hydroxyl groups excluding tert-OH is 1. The average molecular weight is 446 g/mol. The lowest BCUT2D eigenvalue weighted by Crippen LogP contribution is -2.37. The zero-order valence-electron chi connectivity index (χ0n) is 18.9. The van der Waals surface area contributed by atoms with E-state index in [4.69, 9.17) is 9.72 Å². The smallest absolute Gasteiger partial charge is 0.248 e. The van der Waals surface area contributed by atoms with Crippen LogP contribution < -0.4 is 15.0 Å². The quantitative estimate of drug-likeness (QED) is 0.471. The number of aromatic nitrogens is 5. The molecule has 9 nitrogen and oxygen atoms in total. The number of imidazole rings is 1. The van der Waals surface area contributed by atoms with Crippen LogP contribution in [0.5, 0.6) is 5.75 Å². The topological polar surface area (TPSA) is 92.7 Å². The summed E-state index contributed by atoms with van der Waals surface area (Å²) in [7, 11) is 1.68. The number of piperidine rings is 1. The van der Waals surface area contributed by atoms with E-state index in [1.165, 1.54) is 6.42 Å². The Morgan fingerprint density at radius 3 is 2.97 bits per heavy atom. The van der Waals surface area contributed by atoms with Crippen LogP contribution >= 0.6 is 0 Å². The number of ether oxygens (including phenoxy) is 1. The number of fused-ring (bicyclic) bond motifs is 2. The van der Waals surface area contributed by atoms with Gasteiger partial charge >= 0.3 is 0 Å². The molecule has 3 aromatic heterocycles. The van der Waals surface area contributed by atoms with Gasteiger partial charge in [0.1, 0.15) is 17.6 Å². The molecule has 4 aromatic rings. The summed E-state index contributed by atoms with van der Waals surface area (Å²) in [5.74, 6) is 4.04. The Bertz CT molecular complexity index is 1340. The van der Waals surface area contributed by atoms with Crippen molar-refractivity contribution in [3.63, 3.8) is 0 Å². The average Bonchev–Trinajstić information content (AvgIpc) is 3.17. The Balaban J connectivity index is 1.32. The van der Waals surface area contributed by atoms with E-state index in [0.717, 1.165) is 40.4 Å². The first-order valence-electron chi connectivity index (χ1n) is 11.2. The minimum Gasteiger partial charge on any atom is -0.496 e. The van der Waals surface area contributed by atoms with Gasteiger partial charge in [0.15, 0.2) is 11.6 Å². The van der Waals surface area contributed by atoms with Gasteiger partial charge in [-0.2, -0.15) is 4.98 Å². The highest BCUT2D eigenvalue weighted by atomic mass is 16.5. The van der Waals surface area contributed by atoms with Gasteiger partial charge in [-0.15, -0.1) is 5.10 Å². The molecule has 0 radical (unpaired) electrons. The van der Waals surface area contributed by atoms with Gasteiger partial charge in [0, 0.05) is 18.8 Å². The van der Waals surface area contributed by atoms with Gasteiger partial charge in [-0.1, -0.05) is 0 Å². The molecule has 2 N–H and O–H groups in total. The maximum Gasteiger partial charge on any atom is 0.248 e. The van der Waals surface area contributed by atoms with Gasteiger partial charge in [0.05, 0.1) is 31.6 Å². The molecule has 0 amide bonds. The molecule has 33 heavy (non-hydrogen) atoms. The first kappa shape index (κ1) is 20.0. The van der Waals surface area contributed by atoms with Gasteiger partial charge in [-0.05, 0) is 61.4 Å². The number of rotatable bonds is 6. The fraction of sp³-hybridized carbons (Fsp3) is 0.375. The minimum atomic E-state index is 0.121. The third-order valence-corrected chi connectivity index (χ3v) is 7.08. The summed E-state index contributed by atoms with van der Waals surface area (Å²) in [6, 6.07) is 8.21. The molecule has 0 spiro atoms. The molecule has 1 aliphatic carbocycles. The van der Waals surface area contributed by atoms with E-state index < -0.39 is 0 Å². The zero-order valence-corrected chi connectivity index (χ0v) is 18.9. The predicted octanol–water partition coefficient (Wildman–Crippen LogP) is 3.10. The maximum atomic E-state index is 9.98. The molecule has 3 atom stereocenters. The molecule has 2 fully saturated rings. The van der Waals surface area contributed by atoms with E-state index in [2.05, 4.69) is 40.2 Å². The van der Waals surface area contributed by atoms with Crippen molar-refractivity contribution in [2.75, 3.05) is 30.5 Å². The van der Waals surface area contributed by atoms with E-state index in [0.29, 0.717) is 23.6 Å². The Morgan fingerprint density at radius 2 is 2.15 bits per heavy atom. The van der Waals surface area contributed by atoms with Crippen LogP contribution in [-0.2, 0) is 0 Å². The van der Waals surface area contributed by atoms with Crippen LogP contribution in [0.3, 0.4) is 0 Å². The third-order valence-electron chi connectivity index (χ3n) is 7.08. The molecule has 0 unspecified atom stereocenters. The molecule has 9 heteroatoms. The number of hydrogen-bond donors (Lipinski definition) is 2. The van der Waals surface area contributed by atoms with Crippen LogP contribution in [-0.4, -0.2) is 55.6 Å². The maximum absolute atomic E-state index is 9.98. The number of nitrogens with zero attached hydrogens (tertiary/aromatic N) is 6. The number of anilines is 3. The molecule has 1 saturated carbocycles. The lowest BCUT2D eigenvalue weighted by atomic mass is 10.1. The highest BCUT2D eigenvalue weighted by Gasteiger charge is 2.52. The molecular weight excluding hydrogens is 418 g/mol.